The Morgan fingerprint density at radius 1 is 1.44 bits per heavy atom. The molecule has 0 heterocycles. The summed E-state index contributed by atoms with van der Waals surface area (Å²) in [6, 6.07) is 0.566. The van der Waals surface area contributed by atoms with Gasteiger partial charge in [-0.3, -0.25) is 0 Å². The van der Waals surface area contributed by atoms with Gasteiger partial charge in [0.2, 0.25) is 0 Å². The van der Waals surface area contributed by atoms with Crippen LogP contribution < -0.4 is 0 Å². The summed E-state index contributed by atoms with van der Waals surface area (Å²) in [4.78, 5) is 2.18. The van der Waals surface area contributed by atoms with Crippen LogP contribution in [-0.2, 0) is 5.11 Å². The fraction of sp³-hybridized carbons (Fsp3) is 1.00. The van der Waals surface area contributed by atoms with Crippen molar-refractivity contribution in [2.24, 2.45) is 0 Å². The van der Waals surface area contributed by atoms with Crippen LogP contribution in [0.1, 0.15) is 20.3 Å². The number of hydrogen-bond acceptors (Lipinski definition) is 1. The van der Waals surface area contributed by atoms with Gasteiger partial charge < -0.3 is 4.90 Å². The summed E-state index contributed by atoms with van der Waals surface area (Å²) >= 11 is 0. The van der Waals surface area contributed by atoms with Crippen molar-refractivity contribution in [1.29, 1.82) is 0 Å². The fourth-order valence-electron chi connectivity index (χ4n) is 0.572. The van der Waals surface area contributed by atoms with Crippen molar-refractivity contribution >= 4 is 0 Å². The third-order valence-electron chi connectivity index (χ3n) is 1.54. The zero-order chi connectivity index (χ0) is 7.28. The maximum absolute atomic E-state index is 10.0. The van der Waals surface area contributed by atoms with E-state index in [1.54, 1.807) is 0 Å². The average Bonchev–Trinajstić information content (AvgIpc) is 1.82. The van der Waals surface area contributed by atoms with Crippen LogP contribution >= 0.6 is 0 Å². The summed E-state index contributed by atoms with van der Waals surface area (Å²) in [6.07, 6.45) is 0.772. The molecule has 55 valence electrons. The first kappa shape index (κ1) is 8.92. The number of hydrogen-bond donors (Lipinski definition) is 0. The van der Waals surface area contributed by atoms with Crippen molar-refractivity contribution < 1.29 is 5.11 Å². The molecule has 0 atom stereocenters. The molecule has 0 rings (SSSR count). The first-order valence-corrected chi connectivity index (χ1v) is 3.47. The lowest BCUT2D eigenvalue weighted by atomic mass is 10.3. The molecule has 0 spiro atoms. The molecule has 0 saturated heterocycles. The molecule has 2 nitrogen and oxygen atoms in total. The number of rotatable bonds is 4. The van der Waals surface area contributed by atoms with E-state index in [0.29, 0.717) is 6.04 Å². The quantitative estimate of drug-likeness (QED) is 0.560. The van der Waals surface area contributed by atoms with Gasteiger partial charge in [0.1, 0.15) is 0 Å². The van der Waals surface area contributed by atoms with Crippen LogP contribution in [-0.4, -0.2) is 31.1 Å². The normalized spacial score (nSPS) is 11.3. The Morgan fingerprint density at radius 3 is 2.33 bits per heavy atom. The van der Waals surface area contributed by atoms with Crippen molar-refractivity contribution in [3.8, 4) is 0 Å². The van der Waals surface area contributed by atoms with Crippen LogP contribution in [0.25, 0.3) is 0 Å². The van der Waals surface area contributed by atoms with Gasteiger partial charge in [-0.15, -0.1) is 0 Å². The van der Waals surface area contributed by atoms with Crippen molar-refractivity contribution in [2.75, 3.05) is 20.2 Å². The molecule has 0 aliphatic carbocycles. The number of nitrogens with zero attached hydrogens (tertiary/aromatic N) is 1. The lowest BCUT2D eigenvalue weighted by Crippen LogP contribution is -2.27. The van der Waals surface area contributed by atoms with Gasteiger partial charge in [0.15, 0.2) is 0 Å². The Balaban J connectivity index is 3.16. The van der Waals surface area contributed by atoms with Gasteiger partial charge >= 0.3 is 0 Å². The van der Waals surface area contributed by atoms with Gasteiger partial charge in [0.25, 0.3) is 0 Å². The second kappa shape index (κ2) is 4.77. The molecule has 0 fully saturated rings. The Morgan fingerprint density at radius 2 is 2.00 bits per heavy atom. The summed E-state index contributed by atoms with van der Waals surface area (Å²) in [5.74, 6) is 0. The van der Waals surface area contributed by atoms with Crippen LogP contribution in [0.4, 0.5) is 0 Å². The van der Waals surface area contributed by atoms with Crippen LogP contribution in [0.5, 0.6) is 0 Å². The smallest absolute Gasteiger partial charge is 0.0834 e. The van der Waals surface area contributed by atoms with Crippen LogP contribution in [0, 0.1) is 0 Å². The van der Waals surface area contributed by atoms with Crippen LogP contribution in [0.2, 0.25) is 0 Å². The largest absolute Gasteiger partial charge is 0.304 e. The molecule has 0 bridgehead atoms. The Bertz CT molecular complexity index is 63.9. The van der Waals surface area contributed by atoms with Crippen molar-refractivity contribution in [3.05, 3.63) is 0 Å². The third kappa shape index (κ3) is 4.43. The maximum Gasteiger partial charge on any atom is 0.0834 e. The van der Waals surface area contributed by atoms with Crippen LogP contribution in [0.3, 0.4) is 0 Å². The molecule has 0 amide bonds. The maximum atomic E-state index is 10.0. The van der Waals surface area contributed by atoms with Gasteiger partial charge in [-0.1, -0.05) is 0 Å². The van der Waals surface area contributed by atoms with E-state index >= 15 is 0 Å². The summed E-state index contributed by atoms with van der Waals surface area (Å²) in [5.41, 5.74) is 0. The Labute approximate surface area is 57.5 Å². The second-order valence-electron chi connectivity index (χ2n) is 2.63. The van der Waals surface area contributed by atoms with E-state index < -0.39 is 0 Å². The Hall–Kier alpha value is -0.0800. The van der Waals surface area contributed by atoms with E-state index in [1.807, 2.05) is 7.05 Å². The predicted octanol–water partition coefficient (Wildman–Crippen LogP) is 1.15. The SMILES string of the molecule is CC(C)N(C)CCC[O]. The Kier molecular flexibility index (Phi) is 4.72. The van der Waals surface area contributed by atoms with E-state index in [1.165, 1.54) is 0 Å². The van der Waals surface area contributed by atoms with Gasteiger partial charge in [0, 0.05) is 12.6 Å². The molecule has 0 aliphatic heterocycles. The van der Waals surface area contributed by atoms with Crippen molar-refractivity contribution in [3.63, 3.8) is 0 Å². The molecule has 9 heavy (non-hydrogen) atoms. The van der Waals surface area contributed by atoms with Gasteiger partial charge in [-0.25, -0.2) is 5.11 Å². The van der Waals surface area contributed by atoms with E-state index in [-0.39, 0.29) is 6.61 Å². The van der Waals surface area contributed by atoms with Crippen molar-refractivity contribution in [1.82, 2.24) is 4.90 Å². The molecule has 2 heteroatoms. The fourth-order valence-corrected chi connectivity index (χ4v) is 0.572. The molecule has 0 aliphatic rings. The average molecular weight is 130 g/mol. The predicted molar refractivity (Wildman–Crippen MR) is 37.9 cm³/mol. The molecule has 0 aromatic heterocycles. The zero-order valence-corrected chi connectivity index (χ0v) is 6.55. The molecule has 0 saturated carbocycles. The third-order valence-corrected chi connectivity index (χ3v) is 1.54. The minimum atomic E-state index is 0.0526. The summed E-state index contributed by atoms with van der Waals surface area (Å²) in [6.45, 7) is 5.24. The lowest BCUT2D eigenvalue weighted by Gasteiger charge is -2.19. The van der Waals surface area contributed by atoms with Gasteiger partial charge in [0.05, 0.1) is 6.61 Å². The molecular weight excluding hydrogens is 114 g/mol. The van der Waals surface area contributed by atoms with E-state index in [9.17, 15) is 5.11 Å². The molecule has 0 aromatic rings. The highest BCUT2D eigenvalue weighted by atomic mass is 16.3. The topological polar surface area (TPSA) is 23.1 Å². The zero-order valence-electron chi connectivity index (χ0n) is 6.55. The molecular formula is C7H16NO. The minimum Gasteiger partial charge on any atom is -0.304 e. The molecule has 0 N–H and O–H groups in total. The van der Waals surface area contributed by atoms with E-state index in [4.69, 9.17) is 0 Å². The highest BCUT2D eigenvalue weighted by molar-refractivity contribution is 4.55. The monoisotopic (exact) mass is 130 g/mol. The first-order valence-electron chi connectivity index (χ1n) is 3.47. The van der Waals surface area contributed by atoms with Gasteiger partial charge in [-0.05, 0) is 27.3 Å². The van der Waals surface area contributed by atoms with E-state index in [2.05, 4.69) is 18.7 Å². The highest BCUT2D eigenvalue weighted by Gasteiger charge is 2.00. The lowest BCUT2D eigenvalue weighted by molar-refractivity contribution is 0.165. The summed E-state index contributed by atoms with van der Waals surface area (Å²) in [7, 11) is 2.04. The molecule has 0 aromatic carbocycles. The standard InChI is InChI=1S/C7H16NO/c1-7(2)8(3)5-4-6-9/h7H,4-6H2,1-3H3. The summed E-state index contributed by atoms with van der Waals surface area (Å²) in [5, 5.41) is 10.0. The van der Waals surface area contributed by atoms with Crippen LogP contribution in [0.15, 0.2) is 0 Å². The first-order chi connectivity index (χ1) is 4.18. The highest BCUT2D eigenvalue weighted by Crippen LogP contribution is 1.93. The van der Waals surface area contributed by atoms with Crippen molar-refractivity contribution in [2.45, 2.75) is 26.3 Å². The second-order valence-corrected chi connectivity index (χ2v) is 2.63. The van der Waals surface area contributed by atoms with Gasteiger partial charge in [-0.2, -0.15) is 0 Å². The molecule has 1 radical (unpaired) electrons. The van der Waals surface area contributed by atoms with E-state index in [0.717, 1.165) is 13.0 Å². The summed E-state index contributed by atoms with van der Waals surface area (Å²) < 4.78 is 0. The minimum absolute atomic E-state index is 0.0526. The molecule has 0 unspecified atom stereocenters.